The Balaban J connectivity index is 1.90. The first kappa shape index (κ1) is 25.6. The van der Waals surface area contributed by atoms with Gasteiger partial charge in [-0.1, -0.05) is 56.0 Å². The molecule has 2 rings (SSSR count). The van der Waals surface area contributed by atoms with Crippen molar-refractivity contribution in [1.82, 2.24) is 15.5 Å². The molecule has 0 saturated heterocycles. The van der Waals surface area contributed by atoms with Crippen molar-refractivity contribution in [3.63, 3.8) is 0 Å². The lowest BCUT2D eigenvalue weighted by Gasteiger charge is -2.30. The van der Waals surface area contributed by atoms with Crippen LogP contribution in [-0.2, 0) is 11.3 Å². The molecule has 0 saturated carbocycles. The molecule has 7 heteroatoms. The van der Waals surface area contributed by atoms with E-state index in [-0.39, 0.29) is 42.4 Å². The lowest BCUT2D eigenvalue weighted by Crippen LogP contribution is -2.45. The van der Waals surface area contributed by atoms with E-state index in [1.807, 2.05) is 57.2 Å². The van der Waals surface area contributed by atoms with Crippen molar-refractivity contribution in [2.45, 2.75) is 39.8 Å². The van der Waals surface area contributed by atoms with E-state index in [0.29, 0.717) is 5.70 Å². The molecule has 2 aromatic carbocycles. The van der Waals surface area contributed by atoms with Crippen molar-refractivity contribution >= 4 is 24.1 Å². The number of hydrogen-bond acceptors (Lipinski definition) is 3. The highest BCUT2D eigenvalue weighted by atomic mass is 19.1. The van der Waals surface area contributed by atoms with Gasteiger partial charge in [-0.05, 0) is 42.3 Å². The molecular formula is C26H32FN3O3. The van der Waals surface area contributed by atoms with Gasteiger partial charge < -0.3 is 20.6 Å². The number of nitrogens with one attached hydrogen (secondary N) is 2. The Morgan fingerprint density at radius 3 is 2.48 bits per heavy atom. The van der Waals surface area contributed by atoms with Gasteiger partial charge in [-0.3, -0.25) is 4.79 Å². The second-order valence-electron chi connectivity index (χ2n) is 8.07. The van der Waals surface area contributed by atoms with E-state index < -0.39 is 11.6 Å². The molecule has 3 N–H and O–H groups in total. The number of nitrogens with zero attached hydrogens (tertiary/aromatic N) is 1. The SMILES string of the molecule is C=C(/C=c1/cccc/c1=C/C)NC(=O)CC(C)C(C)N(C)C(=O)NCc1cccc(F)c1O. The maximum absolute atomic E-state index is 13.4. The smallest absolute Gasteiger partial charge is 0.317 e. The van der Waals surface area contributed by atoms with Crippen molar-refractivity contribution in [3.8, 4) is 5.75 Å². The molecule has 2 atom stereocenters. The Morgan fingerprint density at radius 2 is 1.82 bits per heavy atom. The number of urea groups is 1. The zero-order valence-electron chi connectivity index (χ0n) is 19.6. The number of amides is 3. The van der Waals surface area contributed by atoms with E-state index in [4.69, 9.17) is 0 Å². The van der Waals surface area contributed by atoms with Crippen LogP contribution in [-0.4, -0.2) is 35.0 Å². The molecule has 0 bridgehead atoms. The second-order valence-corrected chi connectivity index (χ2v) is 8.07. The van der Waals surface area contributed by atoms with Crippen LogP contribution in [0.5, 0.6) is 5.75 Å². The standard InChI is InChI=1S/C26H32FN3O3/c1-6-20-10-7-8-11-21(20)15-18(3)29-24(31)14-17(2)19(4)30(5)26(33)28-16-22-12-9-13-23(27)25(22)32/h6-13,15,17,19,32H,3,14,16H2,1-2,4-5H3,(H,28,33)(H,29,31)/b20-6-,21-15-. The maximum atomic E-state index is 13.4. The van der Waals surface area contributed by atoms with Crippen LogP contribution >= 0.6 is 0 Å². The van der Waals surface area contributed by atoms with Crippen LogP contribution in [0.1, 0.15) is 32.8 Å². The molecule has 0 aromatic heterocycles. The fourth-order valence-corrected chi connectivity index (χ4v) is 3.39. The first-order chi connectivity index (χ1) is 15.6. The van der Waals surface area contributed by atoms with Crippen molar-refractivity contribution < 1.29 is 19.1 Å². The minimum Gasteiger partial charge on any atom is -0.505 e. The molecule has 0 fully saturated rings. The number of carbonyl (C=O) groups excluding carboxylic acids is 2. The number of hydrogen-bond donors (Lipinski definition) is 3. The lowest BCUT2D eigenvalue weighted by atomic mass is 9.98. The van der Waals surface area contributed by atoms with Crippen LogP contribution < -0.4 is 21.1 Å². The molecule has 176 valence electrons. The van der Waals surface area contributed by atoms with Crippen LogP contribution in [0.2, 0.25) is 0 Å². The van der Waals surface area contributed by atoms with E-state index in [1.54, 1.807) is 7.05 Å². The summed E-state index contributed by atoms with van der Waals surface area (Å²) in [5, 5.41) is 17.2. The predicted octanol–water partition coefficient (Wildman–Crippen LogP) is 3.00. The van der Waals surface area contributed by atoms with E-state index >= 15 is 0 Å². The molecule has 0 radical (unpaired) electrons. The van der Waals surface area contributed by atoms with Gasteiger partial charge in [0.05, 0.1) is 0 Å². The summed E-state index contributed by atoms with van der Waals surface area (Å²) >= 11 is 0. The molecule has 0 aliphatic heterocycles. The minimum absolute atomic E-state index is 0.0132. The fourth-order valence-electron chi connectivity index (χ4n) is 3.39. The number of benzene rings is 2. The van der Waals surface area contributed by atoms with Crippen LogP contribution in [0, 0.1) is 11.7 Å². The summed E-state index contributed by atoms with van der Waals surface area (Å²) in [7, 11) is 1.63. The highest BCUT2D eigenvalue weighted by molar-refractivity contribution is 5.80. The van der Waals surface area contributed by atoms with E-state index in [0.717, 1.165) is 16.5 Å². The minimum atomic E-state index is -0.738. The van der Waals surface area contributed by atoms with Crippen LogP contribution in [0.4, 0.5) is 9.18 Å². The summed E-state index contributed by atoms with van der Waals surface area (Å²) in [6.07, 6.45) is 4.02. The van der Waals surface area contributed by atoms with E-state index in [2.05, 4.69) is 17.2 Å². The zero-order chi connectivity index (χ0) is 24.5. The number of carbonyl (C=O) groups is 2. The third kappa shape index (κ3) is 7.20. The van der Waals surface area contributed by atoms with Gasteiger partial charge in [-0.15, -0.1) is 0 Å². The Kier molecular flexibility index (Phi) is 9.21. The molecule has 6 nitrogen and oxygen atoms in total. The summed E-state index contributed by atoms with van der Waals surface area (Å²) in [6, 6.07) is 11.3. The summed E-state index contributed by atoms with van der Waals surface area (Å²) in [6.45, 7) is 9.60. The Labute approximate surface area is 194 Å². The first-order valence-corrected chi connectivity index (χ1v) is 10.8. The number of aromatic hydroxyl groups is 1. The third-order valence-electron chi connectivity index (χ3n) is 5.70. The molecule has 2 unspecified atom stereocenters. The Bertz CT molecular complexity index is 1130. The van der Waals surface area contributed by atoms with Crippen molar-refractivity contribution in [2.75, 3.05) is 7.05 Å². The zero-order valence-corrected chi connectivity index (χ0v) is 19.6. The van der Waals surface area contributed by atoms with Gasteiger partial charge in [0, 0.05) is 37.3 Å². The van der Waals surface area contributed by atoms with Crippen molar-refractivity contribution in [3.05, 3.63) is 76.6 Å². The number of halogens is 1. The van der Waals surface area contributed by atoms with Gasteiger partial charge in [0.1, 0.15) is 0 Å². The molecule has 0 spiro atoms. The topological polar surface area (TPSA) is 81.7 Å². The van der Waals surface area contributed by atoms with E-state index in [1.165, 1.54) is 17.0 Å². The van der Waals surface area contributed by atoms with Gasteiger partial charge in [0.15, 0.2) is 11.6 Å². The number of phenols is 1. The van der Waals surface area contributed by atoms with Crippen molar-refractivity contribution in [2.24, 2.45) is 5.92 Å². The first-order valence-electron chi connectivity index (χ1n) is 10.8. The third-order valence-corrected chi connectivity index (χ3v) is 5.70. The summed E-state index contributed by atoms with van der Waals surface area (Å²) in [5.41, 5.74) is 0.781. The van der Waals surface area contributed by atoms with Crippen LogP contribution in [0.3, 0.4) is 0 Å². The van der Waals surface area contributed by atoms with Crippen molar-refractivity contribution in [1.29, 1.82) is 0 Å². The Hall–Kier alpha value is -3.61. The highest BCUT2D eigenvalue weighted by Crippen LogP contribution is 2.20. The molecular weight excluding hydrogens is 421 g/mol. The molecule has 3 amide bonds. The fraction of sp³-hybridized carbons (Fsp3) is 0.308. The number of allylic oxidation sites excluding steroid dienone is 1. The number of phenolic OH excluding ortho intramolecular Hbond substituents is 1. The van der Waals surface area contributed by atoms with Gasteiger partial charge in [0.2, 0.25) is 5.91 Å². The largest absolute Gasteiger partial charge is 0.505 e. The highest BCUT2D eigenvalue weighted by Gasteiger charge is 2.23. The average molecular weight is 454 g/mol. The van der Waals surface area contributed by atoms with Crippen LogP contribution in [0.15, 0.2) is 54.7 Å². The molecule has 2 aromatic rings. The van der Waals surface area contributed by atoms with Gasteiger partial charge >= 0.3 is 6.03 Å². The molecule has 0 aliphatic rings. The predicted molar refractivity (Wildman–Crippen MR) is 129 cm³/mol. The summed E-state index contributed by atoms with van der Waals surface area (Å²) in [5.74, 6) is -1.53. The quantitative estimate of drug-likeness (QED) is 0.575. The van der Waals surface area contributed by atoms with E-state index in [9.17, 15) is 19.1 Å². The molecule has 0 heterocycles. The maximum Gasteiger partial charge on any atom is 0.317 e. The van der Waals surface area contributed by atoms with Gasteiger partial charge in [0.25, 0.3) is 0 Å². The van der Waals surface area contributed by atoms with Gasteiger partial charge in [-0.2, -0.15) is 0 Å². The normalized spacial score (nSPS) is 13.8. The number of para-hydroxylation sites is 1. The monoisotopic (exact) mass is 453 g/mol. The second kappa shape index (κ2) is 11.9. The number of rotatable bonds is 8. The summed E-state index contributed by atoms with van der Waals surface area (Å²) in [4.78, 5) is 26.5. The van der Waals surface area contributed by atoms with Crippen LogP contribution in [0.25, 0.3) is 12.2 Å². The lowest BCUT2D eigenvalue weighted by molar-refractivity contribution is -0.121. The Morgan fingerprint density at radius 1 is 1.15 bits per heavy atom. The molecule has 33 heavy (non-hydrogen) atoms. The average Bonchev–Trinajstić information content (AvgIpc) is 2.78. The van der Waals surface area contributed by atoms with Gasteiger partial charge in [-0.25, -0.2) is 9.18 Å². The molecule has 0 aliphatic carbocycles. The summed E-state index contributed by atoms with van der Waals surface area (Å²) < 4.78 is 13.4.